The molecule has 2 aromatic rings. The molecule has 106 valence electrons. The van der Waals surface area contributed by atoms with Gasteiger partial charge in [0.05, 0.1) is 15.6 Å². The second kappa shape index (κ2) is 6.45. The number of halogens is 1. The van der Waals surface area contributed by atoms with Gasteiger partial charge in [0.2, 0.25) is 0 Å². The summed E-state index contributed by atoms with van der Waals surface area (Å²) < 4.78 is 0. The van der Waals surface area contributed by atoms with Crippen LogP contribution >= 0.6 is 27.3 Å². The van der Waals surface area contributed by atoms with E-state index in [-0.39, 0.29) is 10.6 Å². The lowest BCUT2D eigenvalue weighted by molar-refractivity contribution is -0.385. The van der Waals surface area contributed by atoms with E-state index in [9.17, 15) is 10.1 Å². The molecule has 1 heterocycles. The summed E-state index contributed by atoms with van der Waals surface area (Å²) in [4.78, 5) is 15.2. The van der Waals surface area contributed by atoms with Crippen molar-refractivity contribution in [2.75, 3.05) is 5.33 Å². The highest BCUT2D eigenvalue weighted by molar-refractivity contribution is 9.09. The van der Waals surface area contributed by atoms with Crippen molar-refractivity contribution in [3.8, 4) is 0 Å². The zero-order valence-corrected chi connectivity index (χ0v) is 13.8. The zero-order valence-electron chi connectivity index (χ0n) is 11.4. The Hall–Kier alpha value is -1.27. The maximum Gasteiger partial charge on any atom is 0.272 e. The summed E-state index contributed by atoms with van der Waals surface area (Å²) in [6.07, 6.45) is 1.66. The lowest BCUT2D eigenvalue weighted by atomic mass is 10.0. The summed E-state index contributed by atoms with van der Waals surface area (Å²) in [5.74, 6) is 0. The van der Waals surface area contributed by atoms with E-state index in [4.69, 9.17) is 0 Å². The third kappa shape index (κ3) is 3.43. The number of aryl methyl sites for hydroxylation is 3. The summed E-state index contributed by atoms with van der Waals surface area (Å²) in [7, 11) is 0. The summed E-state index contributed by atoms with van der Waals surface area (Å²) in [5, 5.41) is 14.9. The smallest absolute Gasteiger partial charge is 0.258 e. The van der Waals surface area contributed by atoms with Gasteiger partial charge in [-0.3, -0.25) is 10.1 Å². The van der Waals surface area contributed by atoms with E-state index in [1.165, 1.54) is 0 Å². The normalized spacial score (nSPS) is 10.8. The second-order valence-corrected chi connectivity index (χ2v) is 6.41. The largest absolute Gasteiger partial charge is 0.272 e. The number of rotatable bonds is 5. The summed E-state index contributed by atoms with van der Waals surface area (Å²) in [6.45, 7) is 3.69. The fraction of sp³-hybridized carbons (Fsp3) is 0.357. The van der Waals surface area contributed by atoms with E-state index >= 15 is 0 Å². The number of benzene rings is 1. The van der Waals surface area contributed by atoms with Gasteiger partial charge < -0.3 is 0 Å². The molecule has 0 aliphatic rings. The number of nitro benzene ring substituents is 1. The minimum absolute atomic E-state index is 0.186. The predicted octanol–water partition coefficient (Wildman–Crippen LogP) is 4.20. The van der Waals surface area contributed by atoms with Gasteiger partial charge in [0.1, 0.15) is 0 Å². The van der Waals surface area contributed by atoms with Crippen molar-refractivity contribution in [3.05, 3.63) is 55.0 Å². The molecule has 0 unspecified atom stereocenters. The number of nitrogens with zero attached hydrogens (tertiary/aromatic N) is 2. The molecule has 0 radical (unpaired) electrons. The SMILES string of the molecule is Cc1cc([N+](=O)[O-])c(C)cc1Cc1nc(CCBr)cs1. The predicted molar refractivity (Wildman–Crippen MR) is 85.0 cm³/mol. The highest BCUT2D eigenvalue weighted by atomic mass is 79.9. The van der Waals surface area contributed by atoms with Crippen LogP contribution in [0.15, 0.2) is 17.5 Å². The van der Waals surface area contributed by atoms with Gasteiger partial charge in [-0.2, -0.15) is 0 Å². The maximum atomic E-state index is 10.9. The van der Waals surface area contributed by atoms with Gasteiger partial charge in [-0.1, -0.05) is 15.9 Å². The molecule has 0 saturated carbocycles. The summed E-state index contributed by atoms with van der Waals surface area (Å²) >= 11 is 5.05. The first-order valence-corrected chi connectivity index (χ1v) is 8.25. The molecule has 0 amide bonds. The first kappa shape index (κ1) is 15.1. The molecule has 0 bridgehead atoms. The maximum absolute atomic E-state index is 10.9. The van der Waals surface area contributed by atoms with Crippen LogP contribution in [0.4, 0.5) is 5.69 Å². The number of alkyl halides is 1. The first-order valence-electron chi connectivity index (χ1n) is 6.25. The molecular weight excluding hydrogens is 340 g/mol. The molecule has 2 rings (SSSR count). The fourth-order valence-electron chi connectivity index (χ4n) is 2.05. The van der Waals surface area contributed by atoms with Crippen LogP contribution in [0.1, 0.15) is 27.4 Å². The minimum atomic E-state index is -0.330. The highest BCUT2D eigenvalue weighted by Gasteiger charge is 2.14. The number of thiazole rings is 1. The van der Waals surface area contributed by atoms with Crippen LogP contribution in [0, 0.1) is 24.0 Å². The molecule has 0 saturated heterocycles. The Balaban J connectivity index is 2.24. The van der Waals surface area contributed by atoms with Crippen molar-refractivity contribution in [1.29, 1.82) is 0 Å². The van der Waals surface area contributed by atoms with Gasteiger partial charge in [0.15, 0.2) is 0 Å². The molecule has 0 aliphatic heterocycles. The van der Waals surface area contributed by atoms with Crippen molar-refractivity contribution in [3.63, 3.8) is 0 Å². The number of aromatic nitrogens is 1. The molecule has 1 aromatic heterocycles. The molecule has 6 heteroatoms. The first-order chi connectivity index (χ1) is 9.51. The van der Waals surface area contributed by atoms with Crippen LogP contribution in [0.2, 0.25) is 0 Å². The van der Waals surface area contributed by atoms with Crippen LogP contribution < -0.4 is 0 Å². The Kier molecular flexibility index (Phi) is 4.88. The summed E-state index contributed by atoms with van der Waals surface area (Å²) in [5.41, 5.74) is 4.03. The molecule has 20 heavy (non-hydrogen) atoms. The van der Waals surface area contributed by atoms with Crippen molar-refractivity contribution in [2.45, 2.75) is 26.7 Å². The van der Waals surface area contributed by atoms with Gasteiger partial charge in [0, 0.05) is 35.2 Å². The number of hydrogen-bond donors (Lipinski definition) is 0. The average Bonchev–Trinajstić information content (AvgIpc) is 2.81. The van der Waals surface area contributed by atoms with Gasteiger partial charge in [-0.05, 0) is 31.0 Å². The van der Waals surface area contributed by atoms with Crippen molar-refractivity contribution >= 4 is 33.0 Å². The average molecular weight is 355 g/mol. The van der Waals surface area contributed by atoms with Crippen LogP contribution in [-0.4, -0.2) is 15.2 Å². The minimum Gasteiger partial charge on any atom is -0.258 e. The molecule has 0 fully saturated rings. The van der Waals surface area contributed by atoms with Crippen LogP contribution in [0.3, 0.4) is 0 Å². The van der Waals surface area contributed by atoms with E-state index in [2.05, 4.69) is 26.3 Å². The molecule has 0 aliphatic carbocycles. The molecule has 4 nitrogen and oxygen atoms in total. The standard InChI is InChI=1S/C14H15BrN2O2S/c1-9-6-13(17(18)19)10(2)5-11(9)7-14-16-12(3-4-15)8-20-14/h5-6,8H,3-4,7H2,1-2H3. The number of hydrogen-bond acceptors (Lipinski definition) is 4. The molecule has 0 N–H and O–H groups in total. The van der Waals surface area contributed by atoms with Crippen LogP contribution in [-0.2, 0) is 12.8 Å². The van der Waals surface area contributed by atoms with Crippen LogP contribution in [0.25, 0.3) is 0 Å². The Bertz CT molecular complexity index is 640. The lowest BCUT2D eigenvalue weighted by Gasteiger charge is -2.06. The second-order valence-electron chi connectivity index (χ2n) is 4.67. The van der Waals surface area contributed by atoms with Gasteiger partial charge in [-0.15, -0.1) is 11.3 Å². The highest BCUT2D eigenvalue weighted by Crippen LogP contribution is 2.25. The van der Waals surface area contributed by atoms with Gasteiger partial charge in [0.25, 0.3) is 5.69 Å². The van der Waals surface area contributed by atoms with Crippen molar-refractivity contribution < 1.29 is 4.92 Å². The Morgan fingerprint density at radius 3 is 2.75 bits per heavy atom. The van der Waals surface area contributed by atoms with E-state index in [0.717, 1.165) is 40.0 Å². The number of nitro groups is 1. The monoisotopic (exact) mass is 354 g/mol. The summed E-state index contributed by atoms with van der Waals surface area (Å²) in [6, 6.07) is 3.55. The van der Waals surface area contributed by atoms with E-state index in [1.54, 1.807) is 24.3 Å². The van der Waals surface area contributed by atoms with Crippen LogP contribution in [0.5, 0.6) is 0 Å². The molecular formula is C14H15BrN2O2S. The van der Waals surface area contributed by atoms with Gasteiger partial charge in [-0.25, -0.2) is 4.98 Å². The topological polar surface area (TPSA) is 56.0 Å². The van der Waals surface area contributed by atoms with E-state index < -0.39 is 0 Å². The third-order valence-electron chi connectivity index (χ3n) is 3.14. The Morgan fingerprint density at radius 1 is 1.35 bits per heavy atom. The molecule has 0 atom stereocenters. The Morgan fingerprint density at radius 2 is 2.10 bits per heavy atom. The molecule has 1 aromatic carbocycles. The fourth-order valence-corrected chi connectivity index (χ4v) is 3.31. The lowest BCUT2D eigenvalue weighted by Crippen LogP contribution is -1.98. The van der Waals surface area contributed by atoms with E-state index in [0.29, 0.717) is 5.56 Å². The third-order valence-corrected chi connectivity index (χ3v) is 4.44. The Labute approximate surface area is 130 Å². The van der Waals surface area contributed by atoms with Crippen molar-refractivity contribution in [2.24, 2.45) is 0 Å². The van der Waals surface area contributed by atoms with Crippen molar-refractivity contribution in [1.82, 2.24) is 4.98 Å². The molecule has 0 spiro atoms. The van der Waals surface area contributed by atoms with E-state index in [1.807, 2.05) is 13.0 Å². The zero-order chi connectivity index (χ0) is 14.7. The quantitative estimate of drug-likeness (QED) is 0.459. The van der Waals surface area contributed by atoms with Gasteiger partial charge >= 0.3 is 0 Å².